The Morgan fingerprint density at radius 2 is 1.60 bits per heavy atom. The highest BCUT2D eigenvalue weighted by atomic mass is 16.6. The highest BCUT2D eigenvalue weighted by Gasteiger charge is 2.39. The fourth-order valence-corrected chi connectivity index (χ4v) is 1.62. The molecule has 0 radical (unpaired) electrons. The lowest BCUT2D eigenvalue weighted by atomic mass is 9.98. The number of hydrogen-bond acceptors (Lipinski definition) is 5. The zero-order chi connectivity index (χ0) is 16.0. The monoisotopic (exact) mass is 289 g/mol. The summed E-state index contributed by atoms with van der Waals surface area (Å²) in [5.41, 5.74) is -1.53. The summed E-state index contributed by atoms with van der Waals surface area (Å²) in [4.78, 5) is 23.8. The molecule has 118 valence electrons. The molecular formula is C14H27NO5. The Bertz CT molecular complexity index is 333. The van der Waals surface area contributed by atoms with Gasteiger partial charge in [-0.1, -0.05) is 0 Å². The Morgan fingerprint density at radius 3 is 2.00 bits per heavy atom. The number of carbonyl (C=O) groups is 2. The molecule has 0 saturated heterocycles. The Labute approximate surface area is 121 Å². The van der Waals surface area contributed by atoms with Crippen LogP contribution < -0.4 is 5.32 Å². The van der Waals surface area contributed by atoms with Gasteiger partial charge in [0.1, 0.15) is 5.60 Å². The molecule has 0 bridgehead atoms. The maximum absolute atomic E-state index is 12.0. The van der Waals surface area contributed by atoms with Crippen molar-refractivity contribution in [2.45, 2.75) is 65.7 Å². The lowest BCUT2D eigenvalue weighted by Gasteiger charge is -2.33. The fraction of sp³-hybridized carbons (Fsp3) is 0.857. The molecule has 0 rings (SSSR count). The van der Waals surface area contributed by atoms with Crippen LogP contribution in [0.15, 0.2) is 0 Å². The van der Waals surface area contributed by atoms with Crippen LogP contribution in [0.4, 0.5) is 4.79 Å². The number of alkyl carbamates (subject to hydrolysis) is 1. The normalized spacial score (nSPS) is 13.6. The number of amides is 1. The van der Waals surface area contributed by atoms with E-state index in [-0.39, 0.29) is 6.61 Å². The van der Waals surface area contributed by atoms with Crippen LogP contribution in [0.3, 0.4) is 0 Å². The van der Waals surface area contributed by atoms with Crippen molar-refractivity contribution >= 4 is 12.1 Å². The molecule has 6 heteroatoms. The van der Waals surface area contributed by atoms with Crippen molar-refractivity contribution in [3.63, 3.8) is 0 Å². The van der Waals surface area contributed by atoms with Gasteiger partial charge >= 0.3 is 12.1 Å². The molecule has 20 heavy (non-hydrogen) atoms. The molecular weight excluding hydrogens is 262 g/mol. The van der Waals surface area contributed by atoms with Crippen molar-refractivity contribution in [2.24, 2.45) is 0 Å². The van der Waals surface area contributed by atoms with Gasteiger partial charge in [0.25, 0.3) is 0 Å². The minimum Gasteiger partial charge on any atom is -0.464 e. The summed E-state index contributed by atoms with van der Waals surface area (Å²) in [5.74, 6) is -0.545. The van der Waals surface area contributed by atoms with Crippen LogP contribution in [-0.4, -0.2) is 42.5 Å². The van der Waals surface area contributed by atoms with Gasteiger partial charge in [-0.05, 0) is 48.5 Å². The number of hydrogen-bond donors (Lipinski definition) is 1. The molecule has 0 fully saturated rings. The van der Waals surface area contributed by atoms with Crippen molar-refractivity contribution in [1.82, 2.24) is 5.32 Å². The summed E-state index contributed by atoms with van der Waals surface area (Å²) in [6, 6.07) is -0.933. The third kappa shape index (κ3) is 6.75. The first-order valence-electron chi connectivity index (χ1n) is 6.83. The van der Waals surface area contributed by atoms with Crippen LogP contribution in [0, 0.1) is 0 Å². The van der Waals surface area contributed by atoms with Crippen molar-refractivity contribution in [3.05, 3.63) is 0 Å². The first kappa shape index (κ1) is 18.7. The smallest absolute Gasteiger partial charge is 0.408 e. The number of rotatable bonds is 6. The summed E-state index contributed by atoms with van der Waals surface area (Å²) in [6.45, 7) is 12.9. The predicted molar refractivity (Wildman–Crippen MR) is 75.5 cm³/mol. The molecule has 1 unspecified atom stereocenters. The van der Waals surface area contributed by atoms with Gasteiger partial charge in [0, 0.05) is 6.61 Å². The molecule has 6 nitrogen and oxygen atoms in total. The lowest BCUT2D eigenvalue weighted by Crippen LogP contribution is -2.56. The largest absolute Gasteiger partial charge is 0.464 e. The van der Waals surface area contributed by atoms with E-state index in [0.717, 1.165) is 0 Å². The zero-order valence-corrected chi connectivity index (χ0v) is 13.5. The standard InChI is InChI=1S/C14H27NO5/c1-8-18-11(16)10(14(6,7)19-9-2)15-12(17)20-13(3,4)5/h10H,8-9H2,1-7H3,(H,15,17). The van der Waals surface area contributed by atoms with Gasteiger partial charge in [-0.25, -0.2) is 9.59 Å². The molecule has 0 aromatic rings. The van der Waals surface area contributed by atoms with E-state index in [1.165, 1.54) is 0 Å². The van der Waals surface area contributed by atoms with E-state index in [0.29, 0.717) is 6.61 Å². The molecule has 0 aliphatic heterocycles. The van der Waals surface area contributed by atoms with E-state index in [1.807, 2.05) is 6.92 Å². The number of esters is 1. The van der Waals surface area contributed by atoms with Crippen LogP contribution in [-0.2, 0) is 19.0 Å². The quantitative estimate of drug-likeness (QED) is 0.759. The van der Waals surface area contributed by atoms with Gasteiger partial charge in [-0.2, -0.15) is 0 Å². The minimum atomic E-state index is -0.933. The van der Waals surface area contributed by atoms with Gasteiger partial charge in [-0.15, -0.1) is 0 Å². The van der Waals surface area contributed by atoms with Crippen molar-refractivity contribution < 1.29 is 23.8 Å². The van der Waals surface area contributed by atoms with Crippen molar-refractivity contribution in [1.29, 1.82) is 0 Å². The van der Waals surface area contributed by atoms with Crippen molar-refractivity contribution in [2.75, 3.05) is 13.2 Å². The van der Waals surface area contributed by atoms with Gasteiger partial charge < -0.3 is 19.5 Å². The molecule has 0 aromatic heterocycles. The lowest BCUT2D eigenvalue weighted by molar-refractivity contribution is -0.154. The second-order valence-electron chi connectivity index (χ2n) is 5.87. The molecule has 1 amide bonds. The summed E-state index contributed by atoms with van der Waals surface area (Å²) >= 11 is 0. The summed E-state index contributed by atoms with van der Waals surface area (Å²) in [6.07, 6.45) is -0.677. The summed E-state index contributed by atoms with van der Waals surface area (Å²) in [5, 5.41) is 2.52. The van der Waals surface area contributed by atoms with E-state index in [9.17, 15) is 9.59 Å². The molecule has 1 N–H and O–H groups in total. The molecule has 0 spiro atoms. The Balaban J connectivity index is 4.95. The Morgan fingerprint density at radius 1 is 1.05 bits per heavy atom. The maximum Gasteiger partial charge on any atom is 0.408 e. The Hall–Kier alpha value is -1.30. The molecule has 1 atom stereocenters. The average molecular weight is 289 g/mol. The highest BCUT2D eigenvalue weighted by Crippen LogP contribution is 2.17. The van der Waals surface area contributed by atoms with Gasteiger partial charge in [0.2, 0.25) is 0 Å². The SMILES string of the molecule is CCOC(=O)C(NC(=O)OC(C)(C)C)C(C)(C)OCC. The minimum absolute atomic E-state index is 0.230. The van der Waals surface area contributed by atoms with E-state index in [4.69, 9.17) is 14.2 Å². The van der Waals surface area contributed by atoms with Crippen LogP contribution in [0.2, 0.25) is 0 Å². The van der Waals surface area contributed by atoms with Gasteiger partial charge in [0.05, 0.1) is 12.2 Å². The Kier molecular flexibility index (Phi) is 6.99. The summed E-state index contributed by atoms with van der Waals surface area (Å²) in [7, 11) is 0. The van der Waals surface area contributed by atoms with Crippen LogP contribution in [0.25, 0.3) is 0 Å². The number of ether oxygens (including phenoxy) is 3. The molecule has 0 aliphatic carbocycles. The van der Waals surface area contributed by atoms with Gasteiger partial charge in [0.15, 0.2) is 6.04 Å². The molecule has 0 saturated carbocycles. The van der Waals surface area contributed by atoms with Crippen LogP contribution in [0.1, 0.15) is 48.5 Å². The number of nitrogens with one attached hydrogen (secondary N) is 1. The molecule has 0 heterocycles. The third-order valence-electron chi connectivity index (χ3n) is 2.39. The maximum atomic E-state index is 12.0. The fourth-order valence-electron chi connectivity index (χ4n) is 1.62. The average Bonchev–Trinajstić information content (AvgIpc) is 2.23. The van der Waals surface area contributed by atoms with Gasteiger partial charge in [-0.3, -0.25) is 0 Å². The summed E-state index contributed by atoms with van der Waals surface area (Å²) < 4.78 is 15.7. The molecule has 0 aliphatic rings. The van der Waals surface area contributed by atoms with E-state index in [1.54, 1.807) is 41.5 Å². The van der Waals surface area contributed by atoms with Crippen LogP contribution >= 0.6 is 0 Å². The first-order chi connectivity index (χ1) is 9.03. The van der Waals surface area contributed by atoms with E-state index >= 15 is 0 Å². The highest BCUT2D eigenvalue weighted by molar-refractivity contribution is 5.82. The zero-order valence-electron chi connectivity index (χ0n) is 13.5. The third-order valence-corrected chi connectivity index (χ3v) is 2.39. The van der Waals surface area contributed by atoms with Crippen molar-refractivity contribution in [3.8, 4) is 0 Å². The molecule has 0 aromatic carbocycles. The first-order valence-corrected chi connectivity index (χ1v) is 6.83. The van der Waals surface area contributed by atoms with E-state index < -0.39 is 29.3 Å². The predicted octanol–water partition coefficient (Wildman–Crippen LogP) is 2.26. The second kappa shape index (κ2) is 7.47. The topological polar surface area (TPSA) is 73.9 Å². The van der Waals surface area contributed by atoms with Crippen LogP contribution in [0.5, 0.6) is 0 Å². The van der Waals surface area contributed by atoms with E-state index in [2.05, 4.69) is 5.32 Å². The second-order valence-corrected chi connectivity index (χ2v) is 5.87. The number of carbonyl (C=O) groups excluding carboxylic acids is 2.